The van der Waals surface area contributed by atoms with Gasteiger partial charge in [-0.3, -0.25) is 14.2 Å². The summed E-state index contributed by atoms with van der Waals surface area (Å²) in [7, 11) is 0. The van der Waals surface area contributed by atoms with Crippen LogP contribution in [-0.2, 0) is 11.3 Å². The fourth-order valence-electron chi connectivity index (χ4n) is 2.62. The zero-order valence-corrected chi connectivity index (χ0v) is 13.0. The Morgan fingerprint density at radius 1 is 0.957 bits per heavy atom. The van der Waals surface area contributed by atoms with Gasteiger partial charge in [0.05, 0.1) is 5.52 Å². The van der Waals surface area contributed by atoms with Gasteiger partial charge in [-0.1, -0.05) is 48.5 Å². The molecule has 0 unspecified atom stereocenters. The lowest BCUT2D eigenvalue weighted by Gasteiger charge is -2.20. The highest BCUT2D eigenvalue weighted by atomic mass is 16.2. The number of fused-ring (bicyclic) bond motifs is 1. The second-order valence-electron chi connectivity index (χ2n) is 5.50. The minimum Gasteiger partial charge on any atom is -0.329 e. The molecule has 0 aliphatic heterocycles. The largest absolute Gasteiger partial charge is 0.329 e. The summed E-state index contributed by atoms with van der Waals surface area (Å²) in [5.74, 6) is -0.226. The van der Waals surface area contributed by atoms with Crippen molar-refractivity contribution < 1.29 is 9.59 Å². The van der Waals surface area contributed by atoms with Gasteiger partial charge in [0.25, 0.3) is 5.91 Å². The Hall–Kier alpha value is -2.88. The molecule has 2 aromatic carbocycles. The number of amides is 1. The molecule has 0 saturated carbocycles. The maximum absolute atomic E-state index is 12.6. The highest BCUT2D eigenvalue weighted by Gasteiger charge is 2.16. The summed E-state index contributed by atoms with van der Waals surface area (Å²) in [6, 6.07) is 19.3. The molecule has 0 saturated heterocycles. The summed E-state index contributed by atoms with van der Waals surface area (Å²) in [5, 5.41) is 1.01. The molecule has 1 amide bonds. The number of aromatic nitrogens is 1. The van der Waals surface area contributed by atoms with E-state index in [-0.39, 0.29) is 18.4 Å². The van der Waals surface area contributed by atoms with E-state index in [1.807, 2.05) is 60.7 Å². The van der Waals surface area contributed by atoms with E-state index in [9.17, 15) is 9.59 Å². The molecule has 1 heterocycles. The molecule has 0 spiro atoms. The predicted octanol–water partition coefficient (Wildman–Crippen LogP) is 3.33. The molecule has 0 aliphatic carbocycles. The molecule has 0 aliphatic rings. The highest BCUT2D eigenvalue weighted by molar-refractivity contribution is 5.94. The standard InChI is InChI=1S/C19H18N2O2/c1-15(22)20(13-16-7-3-2-4-8-16)14-19(23)21-12-11-17-9-5-6-10-18(17)21/h2-12H,13-14H2,1H3. The number of carbonyl (C=O) groups is 2. The quantitative estimate of drug-likeness (QED) is 0.742. The molecule has 0 atom stereocenters. The van der Waals surface area contributed by atoms with Crippen molar-refractivity contribution >= 4 is 22.7 Å². The van der Waals surface area contributed by atoms with Crippen molar-refractivity contribution in [1.82, 2.24) is 9.47 Å². The Morgan fingerprint density at radius 2 is 1.65 bits per heavy atom. The van der Waals surface area contributed by atoms with Gasteiger partial charge in [0.2, 0.25) is 5.91 Å². The average Bonchev–Trinajstić information content (AvgIpc) is 2.99. The monoisotopic (exact) mass is 306 g/mol. The number of carbonyl (C=O) groups excluding carboxylic acids is 2. The highest BCUT2D eigenvalue weighted by Crippen LogP contribution is 2.15. The van der Waals surface area contributed by atoms with Crippen molar-refractivity contribution in [2.45, 2.75) is 13.5 Å². The number of hydrogen-bond acceptors (Lipinski definition) is 2. The van der Waals surface area contributed by atoms with Crippen LogP contribution >= 0.6 is 0 Å². The fourth-order valence-corrected chi connectivity index (χ4v) is 2.62. The van der Waals surface area contributed by atoms with E-state index in [0.29, 0.717) is 6.54 Å². The topological polar surface area (TPSA) is 42.3 Å². The maximum Gasteiger partial charge on any atom is 0.250 e. The van der Waals surface area contributed by atoms with E-state index >= 15 is 0 Å². The van der Waals surface area contributed by atoms with Gasteiger partial charge < -0.3 is 4.90 Å². The molecular weight excluding hydrogens is 288 g/mol. The van der Waals surface area contributed by atoms with Crippen molar-refractivity contribution in [2.24, 2.45) is 0 Å². The molecule has 0 N–H and O–H groups in total. The van der Waals surface area contributed by atoms with Crippen LogP contribution in [0.5, 0.6) is 0 Å². The van der Waals surface area contributed by atoms with Gasteiger partial charge in [0.1, 0.15) is 6.54 Å². The molecule has 3 rings (SSSR count). The van der Waals surface area contributed by atoms with Gasteiger partial charge in [-0.2, -0.15) is 0 Å². The second kappa shape index (κ2) is 6.48. The summed E-state index contributed by atoms with van der Waals surface area (Å²) in [6.45, 7) is 1.98. The summed E-state index contributed by atoms with van der Waals surface area (Å²) < 4.78 is 1.61. The summed E-state index contributed by atoms with van der Waals surface area (Å²) in [6.07, 6.45) is 1.76. The molecule has 23 heavy (non-hydrogen) atoms. The van der Waals surface area contributed by atoms with Gasteiger partial charge >= 0.3 is 0 Å². The van der Waals surface area contributed by atoms with E-state index in [0.717, 1.165) is 16.5 Å². The second-order valence-corrected chi connectivity index (χ2v) is 5.50. The van der Waals surface area contributed by atoms with Gasteiger partial charge in [0.15, 0.2) is 0 Å². The van der Waals surface area contributed by atoms with Gasteiger partial charge in [0, 0.05) is 25.1 Å². The Kier molecular flexibility index (Phi) is 4.24. The van der Waals surface area contributed by atoms with E-state index in [2.05, 4.69) is 0 Å². The molecule has 116 valence electrons. The first-order chi connectivity index (χ1) is 11.1. The Morgan fingerprint density at radius 3 is 2.39 bits per heavy atom. The molecule has 0 radical (unpaired) electrons. The Bertz CT molecular complexity index is 837. The van der Waals surface area contributed by atoms with Crippen LogP contribution in [0, 0.1) is 0 Å². The predicted molar refractivity (Wildman–Crippen MR) is 90.1 cm³/mol. The van der Waals surface area contributed by atoms with Crippen LogP contribution in [0.25, 0.3) is 10.9 Å². The molecule has 1 aromatic heterocycles. The molecular formula is C19H18N2O2. The first-order valence-corrected chi connectivity index (χ1v) is 7.54. The van der Waals surface area contributed by atoms with Crippen molar-refractivity contribution in [3.63, 3.8) is 0 Å². The third-order valence-corrected chi connectivity index (χ3v) is 3.86. The fraction of sp³-hybridized carbons (Fsp3) is 0.158. The number of para-hydroxylation sites is 1. The van der Waals surface area contributed by atoms with Gasteiger partial charge in [-0.15, -0.1) is 0 Å². The van der Waals surface area contributed by atoms with Crippen LogP contribution in [0.15, 0.2) is 66.9 Å². The minimum atomic E-state index is -0.114. The molecule has 0 fully saturated rings. The van der Waals surface area contributed by atoms with Crippen LogP contribution in [0.4, 0.5) is 0 Å². The van der Waals surface area contributed by atoms with E-state index < -0.39 is 0 Å². The summed E-state index contributed by atoms with van der Waals surface area (Å²) >= 11 is 0. The number of rotatable bonds is 4. The van der Waals surface area contributed by atoms with Crippen LogP contribution in [0.3, 0.4) is 0 Å². The molecule has 3 aromatic rings. The normalized spacial score (nSPS) is 10.7. The lowest BCUT2D eigenvalue weighted by Crippen LogP contribution is -2.35. The number of benzene rings is 2. The van der Waals surface area contributed by atoms with Crippen LogP contribution in [0.1, 0.15) is 17.3 Å². The van der Waals surface area contributed by atoms with Crippen LogP contribution < -0.4 is 0 Å². The smallest absolute Gasteiger partial charge is 0.250 e. The van der Waals surface area contributed by atoms with E-state index in [4.69, 9.17) is 0 Å². The SMILES string of the molecule is CC(=O)N(CC(=O)n1ccc2ccccc21)Cc1ccccc1. The van der Waals surface area contributed by atoms with Crippen molar-refractivity contribution in [3.8, 4) is 0 Å². The summed E-state index contributed by atoms with van der Waals surface area (Å²) in [5.41, 5.74) is 1.87. The van der Waals surface area contributed by atoms with Crippen molar-refractivity contribution in [3.05, 3.63) is 72.4 Å². The van der Waals surface area contributed by atoms with E-state index in [1.54, 1.807) is 15.7 Å². The van der Waals surface area contributed by atoms with Gasteiger partial charge in [-0.05, 0) is 17.7 Å². The van der Waals surface area contributed by atoms with Gasteiger partial charge in [-0.25, -0.2) is 0 Å². The maximum atomic E-state index is 12.6. The minimum absolute atomic E-state index is 0.0584. The van der Waals surface area contributed by atoms with Crippen LogP contribution in [0.2, 0.25) is 0 Å². The van der Waals surface area contributed by atoms with E-state index in [1.165, 1.54) is 6.92 Å². The first kappa shape index (κ1) is 15.0. The zero-order valence-electron chi connectivity index (χ0n) is 13.0. The molecule has 4 nitrogen and oxygen atoms in total. The van der Waals surface area contributed by atoms with Crippen molar-refractivity contribution in [1.29, 1.82) is 0 Å². The van der Waals surface area contributed by atoms with Crippen LogP contribution in [-0.4, -0.2) is 27.8 Å². The Balaban J connectivity index is 1.80. The molecule has 0 bridgehead atoms. The number of nitrogens with zero attached hydrogens (tertiary/aromatic N) is 2. The summed E-state index contributed by atoms with van der Waals surface area (Å²) in [4.78, 5) is 26.0. The zero-order chi connectivity index (χ0) is 16.2. The lowest BCUT2D eigenvalue weighted by molar-refractivity contribution is -0.129. The number of hydrogen-bond donors (Lipinski definition) is 0. The average molecular weight is 306 g/mol. The van der Waals surface area contributed by atoms with Crippen molar-refractivity contribution in [2.75, 3.05) is 6.54 Å². The molecule has 4 heteroatoms. The Labute approximate surface area is 134 Å². The third kappa shape index (κ3) is 3.31. The lowest BCUT2D eigenvalue weighted by atomic mass is 10.2. The third-order valence-electron chi connectivity index (χ3n) is 3.86. The first-order valence-electron chi connectivity index (χ1n) is 7.54.